The number of morpholine rings is 1. The second-order valence-electron chi connectivity index (χ2n) is 9.73. The maximum Gasteiger partial charge on any atom is 0.162 e. The van der Waals surface area contributed by atoms with E-state index in [0.717, 1.165) is 84.9 Å². The van der Waals surface area contributed by atoms with Gasteiger partial charge in [-0.05, 0) is 43.7 Å². The van der Waals surface area contributed by atoms with Gasteiger partial charge in [0.15, 0.2) is 5.82 Å². The van der Waals surface area contributed by atoms with Crippen LogP contribution in [0.2, 0.25) is 0 Å². The van der Waals surface area contributed by atoms with Gasteiger partial charge < -0.3 is 19.9 Å². The highest BCUT2D eigenvalue weighted by atomic mass is 16.5. The molecular weight excluding hydrogens is 424 g/mol. The highest BCUT2D eigenvalue weighted by molar-refractivity contribution is 5.97. The Bertz CT molecular complexity index is 1300. The van der Waals surface area contributed by atoms with Gasteiger partial charge in [0.25, 0.3) is 0 Å². The first kappa shape index (κ1) is 21.5. The molecule has 176 valence electrons. The summed E-state index contributed by atoms with van der Waals surface area (Å²) in [5, 5.41) is 5.90. The van der Waals surface area contributed by atoms with Crippen LogP contribution < -0.4 is 10.2 Å². The van der Waals surface area contributed by atoms with Crippen molar-refractivity contribution >= 4 is 27.6 Å². The Labute approximate surface area is 200 Å². The van der Waals surface area contributed by atoms with Gasteiger partial charge in [-0.2, -0.15) is 0 Å². The third-order valence-electron chi connectivity index (χ3n) is 6.93. The summed E-state index contributed by atoms with van der Waals surface area (Å²) in [6, 6.07) is 16.1. The Hall–Kier alpha value is -3.00. The Morgan fingerprint density at radius 3 is 2.62 bits per heavy atom. The second kappa shape index (κ2) is 8.98. The topological polar surface area (TPSA) is 69.3 Å². The first-order chi connectivity index (χ1) is 16.6. The van der Waals surface area contributed by atoms with E-state index >= 15 is 0 Å². The predicted octanol–water partition coefficient (Wildman–Crippen LogP) is 3.80. The standard InChI is InChI=1S/C27H32N6O/c1-18-15-32(16-19(2)29-18)17-20-6-7-25-23(14-20)27(33-10-12-34-13-11-33)31-26(30-25)22-4-3-5-24-21(22)8-9-28-24/h3-9,14,18-19,28-29H,10-13,15-17H2,1-2H3/t18-,19+. The van der Waals surface area contributed by atoms with E-state index in [1.165, 1.54) is 5.56 Å². The smallest absolute Gasteiger partial charge is 0.162 e. The maximum absolute atomic E-state index is 5.64. The van der Waals surface area contributed by atoms with Crippen LogP contribution in [0.25, 0.3) is 33.2 Å². The van der Waals surface area contributed by atoms with E-state index in [2.05, 4.69) is 76.4 Å². The molecule has 0 unspecified atom stereocenters. The number of H-pyrrole nitrogens is 1. The summed E-state index contributed by atoms with van der Waals surface area (Å²) < 4.78 is 5.64. The van der Waals surface area contributed by atoms with Gasteiger partial charge in [0, 0.05) is 72.9 Å². The van der Waals surface area contributed by atoms with E-state index < -0.39 is 0 Å². The van der Waals surface area contributed by atoms with Gasteiger partial charge >= 0.3 is 0 Å². The minimum atomic E-state index is 0.509. The number of benzene rings is 2. The van der Waals surface area contributed by atoms with Gasteiger partial charge in [0.1, 0.15) is 5.82 Å². The first-order valence-corrected chi connectivity index (χ1v) is 12.3. The Morgan fingerprint density at radius 1 is 0.971 bits per heavy atom. The monoisotopic (exact) mass is 456 g/mol. The molecule has 0 bridgehead atoms. The molecule has 4 aromatic rings. The molecule has 34 heavy (non-hydrogen) atoms. The molecule has 2 aliphatic rings. The van der Waals surface area contributed by atoms with E-state index in [1.54, 1.807) is 0 Å². The largest absolute Gasteiger partial charge is 0.378 e. The molecule has 2 aliphatic heterocycles. The molecule has 2 aromatic heterocycles. The first-order valence-electron chi connectivity index (χ1n) is 12.3. The van der Waals surface area contributed by atoms with Gasteiger partial charge in [-0.1, -0.05) is 18.2 Å². The van der Waals surface area contributed by atoms with Gasteiger partial charge in [-0.3, -0.25) is 4.90 Å². The lowest BCUT2D eigenvalue weighted by atomic mass is 10.1. The van der Waals surface area contributed by atoms with Crippen molar-refractivity contribution < 1.29 is 4.74 Å². The van der Waals surface area contributed by atoms with Crippen molar-refractivity contribution in [3.05, 3.63) is 54.2 Å². The number of ether oxygens (including phenoxy) is 1. The molecule has 0 saturated carbocycles. The Balaban J connectivity index is 1.43. The molecule has 2 atom stereocenters. The zero-order valence-corrected chi connectivity index (χ0v) is 19.9. The third-order valence-corrected chi connectivity index (χ3v) is 6.93. The summed E-state index contributed by atoms with van der Waals surface area (Å²) in [4.78, 5) is 18.4. The van der Waals surface area contributed by atoms with Crippen LogP contribution in [0.4, 0.5) is 5.82 Å². The fourth-order valence-corrected chi connectivity index (χ4v) is 5.50. The molecular formula is C27H32N6O. The third kappa shape index (κ3) is 4.15. The summed E-state index contributed by atoms with van der Waals surface area (Å²) in [6.45, 7) is 10.7. The van der Waals surface area contributed by atoms with Crippen molar-refractivity contribution in [1.82, 2.24) is 25.2 Å². The van der Waals surface area contributed by atoms with Crippen LogP contribution >= 0.6 is 0 Å². The van der Waals surface area contributed by atoms with E-state index in [4.69, 9.17) is 14.7 Å². The van der Waals surface area contributed by atoms with Crippen molar-refractivity contribution in [2.24, 2.45) is 0 Å². The molecule has 2 fully saturated rings. The number of nitrogens with zero attached hydrogens (tertiary/aromatic N) is 4. The molecule has 0 amide bonds. The number of anilines is 1. The quantitative estimate of drug-likeness (QED) is 0.487. The van der Waals surface area contributed by atoms with Crippen molar-refractivity contribution in [2.45, 2.75) is 32.5 Å². The number of hydrogen-bond acceptors (Lipinski definition) is 6. The number of nitrogens with one attached hydrogen (secondary N) is 2. The van der Waals surface area contributed by atoms with Crippen molar-refractivity contribution in [1.29, 1.82) is 0 Å². The van der Waals surface area contributed by atoms with Crippen LogP contribution in [0.1, 0.15) is 19.4 Å². The van der Waals surface area contributed by atoms with E-state index in [-0.39, 0.29) is 0 Å². The molecule has 4 heterocycles. The summed E-state index contributed by atoms with van der Waals surface area (Å²) in [7, 11) is 0. The lowest BCUT2D eigenvalue weighted by Crippen LogP contribution is -2.53. The summed E-state index contributed by atoms with van der Waals surface area (Å²) in [5.41, 5.74) is 4.46. The lowest BCUT2D eigenvalue weighted by Gasteiger charge is -2.36. The van der Waals surface area contributed by atoms with Crippen LogP contribution in [0, 0.1) is 0 Å². The Morgan fingerprint density at radius 2 is 1.79 bits per heavy atom. The fourth-order valence-electron chi connectivity index (χ4n) is 5.50. The predicted molar refractivity (Wildman–Crippen MR) is 137 cm³/mol. The highest BCUT2D eigenvalue weighted by Gasteiger charge is 2.22. The van der Waals surface area contributed by atoms with Crippen molar-refractivity contribution in [2.75, 3.05) is 44.3 Å². The van der Waals surface area contributed by atoms with Gasteiger partial charge in [0.2, 0.25) is 0 Å². The molecule has 2 aromatic carbocycles. The van der Waals surface area contributed by atoms with Crippen LogP contribution in [0.15, 0.2) is 48.7 Å². The minimum Gasteiger partial charge on any atom is -0.378 e. The van der Waals surface area contributed by atoms with Crippen LogP contribution in [0.5, 0.6) is 0 Å². The molecule has 2 N–H and O–H groups in total. The molecule has 7 heteroatoms. The zero-order valence-electron chi connectivity index (χ0n) is 19.9. The van der Waals surface area contributed by atoms with Crippen molar-refractivity contribution in [3.8, 4) is 11.4 Å². The number of hydrogen-bond donors (Lipinski definition) is 2. The summed E-state index contributed by atoms with van der Waals surface area (Å²) in [6.07, 6.45) is 1.97. The van der Waals surface area contributed by atoms with E-state index in [1.807, 2.05) is 6.20 Å². The van der Waals surface area contributed by atoms with E-state index in [9.17, 15) is 0 Å². The van der Waals surface area contributed by atoms with Gasteiger partial charge in [-0.15, -0.1) is 0 Å². The van der Waals surface area contributed by atoms with E-state index in [0.29, 0.717) is 12.1 Å². The number of aromatic nitrogens is 3. The second-order valence-corrected chi connectivity index (χ2v) is 9.73. The number of aromatic amines is 1. The van der Waals surface area contributed by atoms with Gasteiger partial charge in [0.05, 0.1) is 18.7 Å². The average molecular weight is 457 g/mol. The van der Waals surface area contributed by atoms with Gasteiger partial charge in [-0.25, -0.2) is 9.97 Å². The fraction of sp³-hybridized carbons (Fsp3) is 0.407. The van der Waals surface area contributed by atoms with Crippen molar-refractivity contribution in [3.63, 3.8) is 0 Å². The molecule has 0 radical (unpaired) electrons. The number of rotatable bonds is 4. The molecule has 2 saturated heterocycles. The minimum absolute atomic E-state index is 0.509. The normalized spacial score (nSPS) is 22.0. The maximum atomic E-state index is 5.64. The molecule has 6 rings (SSSR count). The molecule has 0 aliphatic carbocycles. The van der Waals surface area contributed by atoms with Crippen LogP contribution in [-0.4, -0.2) is 71.3 Å². The SMILES string of the molecule is C[C@@H]1CN(Cc2ccc3nc(-c4cccc5[nH]ccc45)nc(N4CCOCC4)c3c2)C[C@H](C)N1. The van der Waals surface area contributed by atoms with Crippen LogP contribution in [0.3, 0.4) is 0 Å². The number of piperazine rings is 1. The number of fused-ring (bicyclic) bond motifs is 2. The lowest BCUT2D eigenvalue weighted by molar-refractivity contribution is 0.122. The Kier molecular flexibility index (Phi) is 5.69. The zero-order chi connectivity index (χ0) is 23.1. The molecule has 0 spiro atoms. The summed E-state index contributed by atoms with van der Waals surface area (Å²) in [5.74, 6) is 1.79. The molecule has 7 nitrogen and oxygen atoms in total. The highest BCUT2D eigenvalue weighted by Crippen LogP contribution is 2.32. The average Bonchev–Trinajstić information content (AvgIpc) is 3.32. The van der Waals surface area contributed by atoms with Crippen LogP contribution in [-0.2, 0) is 11.3 Å². The summed E-state index contributed by atoms with van der Waals surface area (Å²) >= 11 is 0.